The van der Waals surface area contributed by atoms with Crippen molar-refractivity contribution in [3.05, 3.63) is 39.4 Å². The Labute approximate surface area is 129 Å². The van der Waals surface area contributed by atoms with Gasteiger partial charge in [-0.15, -0.1) is 0 Å². The summed E-state index contributed by atoms with van der Waals surface area (Å²) in [4.78, 5) is 25.0. The lowest BCUT2D eigenvalue weighted by molar-refractivity contribution is -0.385. The molecule has 2 rings (SSSR count). The van der Waals surface area contributed by atoms with Crippen LogP contribution in [0.5, 0.6) is 0 Å². The molecule has 0 bridgehead atoms. The molecule has 1 aliphatic rings. The normalized spacial score (nSPS) is 18.4. The Morgan fingerprint density at radius 3 is 3.00 bits per heavy atom. The Morgan fingerprint density at radius 1 is 1.55 bits per heavy atom. The van der Waals surface area contributed by atoms with Crippen LogP contribution in [-0.2, 0) is 4.74 Å². The number of nitrogens with zero attached hydrogens (tertiary/aromatic N) is 2. The van der Waals surface area contributed by atoms with Gasteiger partial charge in [0.15, 0.2) is 0 Å². The predicted octanol–water partition coefficient (Wildman–Crippen LogP) is 1.35. The van der Waals surface area contributed by atoms with Crippen molar-refractivity contribution >= 4 is 11.6 Å². The van der Waals surface area contributed by atoms with Crippen LogP contribution >= 0.6 is 0 Å². The number of hydrogen-bond acceptors (Lipinski definition) is 5. The smallest absolute Gasteiger partial charge is 0.273 e. The van der Waals surface area contributed by atoms with E-state index in [1.54, 1.807) is 26.2 Å². The summed E-state index contributed by atoms with van der Waals surface area (Å²) in [6.07, 6.45) is 0.878. The summed E-state index contributed by atoms with van der Waals surface area (Å²) >= 11 is 0. The van der Waals surface area contributed by atoms with Crippen molar-refractivity contribution in [3.63, 3.8) is 0 Å². The standard InChI is InChI=1S/C15H21N3O4/c1-11-13(4-3-5-14(11)18(20)21)15(19)16-12-6-7-17(10-12)8-9-22-2/h3-5,12H,6-10H2,1-2H3,(H,16,19)/t12-/m0/s1. The highest BCUT2D eigenvalue weighted by atomic mass is 16.6. The minimum absolute atomic E-state index is 0.0270. The zero-order chi connectivity index (χ0) is 16.1. The minimum atomic E-state index is -0.464. The van der Waals surface area contributed by atoms with Crippen LogP contribution in [0.2, 0.25) is 0 Å². The van der Waals surface area contributed by atoms with Crippen LogP contribution < -0.4 is 5.32 Å². The van der Waals surface area contributed by atoms with Gasteiger partial charge in [-0.1, -0.05) is 6.07 Å². The van der Waals surface area contributed by atoms with Crippen LogP contribution in [0, 0.1) is 17.0 Å². The van der Waals surface area contributed by atoms with E-state index in [1.165, 1.54) is 6.07 Å². The van der Waals surface area contributed by atoms with Crippen molar-refractivity contribution in [2.24, 2.45) is 0 Å². The molecule has 22 heavy (non-hydrogen) atoms. The zero-order valence-electron chi connectivity index (χ0n) is 12.9. The third kappa shape index (κ3) is 3.80. The number of carbonyl (C=O) groups is 1. The lowest BCUT2D eigenvalue weighted by Crippen LogP contribution is -2.37. The molecule has 1 fully saturated rings. The van der Waals surface area contributed by atoms with Gasteiger partial charge in [0.25, 0.3) is 11.6 Å². The number of methoxy groups -OCH3 is 1. The third-order valence-electron chi connectivity index (χ3n) is 3.97. The molecule has 1 saturated heterocycles. The van der Waals surface area contributed by atoms with E-state index in [4.69, 9.17) is 4.74 Å². The monoisotopic (exact) mass is 307 g/mol. The fourth-order valence-electron chi connectivity index (χ4n) is 2.70. The molecule has 0 saturated carbocycles. The van der Waals surface area contributed by atoms with Crippen LogP contribution in [-0.4, -0.2) is 55.1 Å². The van der Waals surface area contributed by atoms with Crippen LogP contribution in [0.4, 0.5) is 5.69 Å². The van der Waals surface area contributed by atoms with Crippen LogP contribution in [0.3, 0.4) is 0 Å². The third-order valence-corrected chi connectivity index (χ3v) is 3.97. The van der Waals surface area contributed by atoms with E-state index in [1.807, 2.05) is 0 Å². The van der Waals surface area contributed by atoms with Gasteiger partial charge in [0.2, 0.25) is 0 Å². The molecular weight excluding hydrogens is 286 g/mol. The maximum atomic E-state index is 12.3. The Kier molecular flexibility index (Phi) is 5.46. The number of hydrogen-bond donors (Lipinski definition) is 1. The highest BCUT2D eigenvalue weighted by molar-refractivity contribution is 5.96. The quantitative estimate of drug-likeness (QED) is 0.633. The van der Waals surface area contributed by atoms with E-state index in [0.717, 1.165) is 26.1 Å². The number of rotatable bonds is 6. The van der Waals surface area contributed by atoms with Crippen molar-refractivity contribution < 1.29 is 14.5 Å². The van der Waals surface area contributed by atoms with Gasteiger partial charge in [0.1, 0.15) is 0 Å². The summed E-state index contributed by atoms with van der Waals surface area (Å²) in [5.74, 6) is -0.250. The van der Waals surface area contributed by atoms with E-state index in [9.17, 15) is 14.9 Å². The molecule has 1 heterocycles. The molecule has 1 atom stereocenters. The molecule has 0 radical (unpaired) electrons. The maximum absolute atomic E-state index is 12.3. The Balaban J connectivity index is 1.99. The Morgan fingerprint density at radius 2 is 2.32 bits per heavy atom. The van der Waals surface area contributed by atoms with Crippen molar-refractivity contribution in [1.29, 1.82) is 0 Å². The molecule has 7 heteroatoms. The van der Waals surface area contributed by atoms with Crippen molar-refractivity contribution in [3.8, 4) is 0 Å². The second-order valence-corrected chi connectivity index (χ2v) is 5.46. The summed E-state index contributed by atoms with van der Waals surface area (Å²) in [6, 6.07) is 4.64. The molecule has 7 nitrogen and oxygen atoms in total. The lowest BCUT2D eigenvalue weighted by Gasteiger charge is -2.16. The minimum Gasteiger partial charge on any atom is -0.383 e. The number of likely N-dealkylation sites (tertiary alicyclic amines) is 1. The maximum Gasteiger partial charge on any atom is 0.273 e. The first-order valence-electron chi connectivity index (χ1n) is 7.29. The number of ether oxygens (including phenoxy) is 1. The number of amides is 1. The van der Waals surface area contributed by atoms with Gasteiger partial charge >= 0.3 is 0 Å². The van der Waals surface area contributed by atoms with Crippen LogP contribution in [0.15, 0.2) is 18.2 Å². The number of carbonyl (C=O) groups excluding carboxylic acids is 1. The SMILES string of the molecule is COCCN1CC[C@H](NC(=O)c2cccc([N+](=O)[O-])c2C)C1. The van der Waals surface area contributed by atoms with Gasteiger partial charge in [-0.25, -0.2) is 0 Å². The predicted molar refractivity (Wildman–Crippen MR) is 82.0 cm³/mol. The van der Waals surface area contributed by atoms with Gasteiger partial charge < -0.3 is 10.1 Å². The fraction of sp³-hybridized carbons (Fsp3) is 0.533. The fourth-order valence-corrected chi connectivity index (χ4v) is 2.70. The second kappa shape index (κ2) is 7.33. The van der Waals surface area contributed by atoms with E-state index in [-0.39, 0.29) is 17.6 Å². The largest absolute Gasteiger partial charge is 0.383 e. The van der Waals surface area contributed by atoms with E-state index in [0.29, 0.717) is 17.7 Å². The summed E-state index contributed by atoms with van der Waals surface area (Å²) in [5.41, 5.74) is 0.740. The molecular formula is C15H21N3O4. The van der Waals surface area contributed by atoms with E-state index >= 15 is 0 Å². The van der Waals surface area contributed by atoms with Crippen LogP contribution in [0.25, 0.3) is 0 Å². The average Bonchev–Trinajstić information content (AvgIpc) is 2.92. The summed E-state index contributed by atoms with van der Waals surface area (Å²) in [6.45, 7) is 4.82. The summed E-state index contributed by atoms with van der Waals surface area (Å²) in [5, 5.41) is 13.9. The molecule has 1 N–H and O–H groups in total. The first-order valence-corrected chi connectivity index (χ1v) is 7.29. The molecule has 1 aliphatic heterocycles. The van der Waals surface area contributed by atoms with E-state index < -0.39 is 4.92 Å². The highest BCUT2D eigenvalue weighted by Crippen LogP contribution is 2.21. The first-order chi connectivity index (χ1) is 10.5. The number of benzene rings is 1. The number of nitrogens with one attached hydrogen (secondary N) is 1. The molecule has 1 aromatic carbocycles. The van der Waals surface area contributed by atoms with Gasteiger partial charge in [-0.05, 0) is 19.4 Å². The molecule has 1 aromatic rings. The topological polar surface area (TPSA) is 84.7 Å². The van der Waals surface area contributed by atoms with Crippen molar-refractivity contribution in [2.75, 3.05) is 33.4 Å². The number of nitro groups is 1. The molecule has 0 unspecified atom stereocenters. The molecule has 1 amide bonds. The summed E-state index contributed by atoms with van der Waals surface area (Å²) in [7, 11) is 1.67. The van der Waals surface area contributed by atoms with Gasteiger partial charge in [-0.2, -0.15) is 0 Å². The highest BCUT2D eigenvalue weighted by Gasteiger charge is 2.25. The molecule has 0 aromatic heterocycles. The Bertz CT molecular complexity index is 562. The average molecular weight is 307 g/mol. The zero-order valence-corrected chi connectivity index (χ0v) is 12.9. The van der Waals surface area contributed by atoms with Crippen molar-refractivity contribution in [1.82, 2.24) is 10.2 Å². The molecule has 0 aliphatic carbocycles. The molecule has 120 valence electrons. The van der Waals surface area contributed by atoms with Gasteiger partial charge in [-0.3, -0.25) is 19.8 Å². The first kappa shape index (κ1) is 16.4. The van der Waals surface area contributed by atoms with Crippen molar-refractivity contribution in [2.45, 2.75) is 19.4 Å². The lowest BCUT2D eigenvalue weighted by atomic mass is 10.1. The van der Waals surface area contributed by atoms with Gasteiger partial charge in [0, 0.05) is 50.0 Å². The number of nitro benzene ring substituents is 1. The second-order valence-electron chi connectivity index (χ2n) is 5.46. The molecule has 0 spiro atoms. The van der Waals surface area contributed by atoms with Gasteiger partial charge in [0.05, 0.1) is 11.5 Å². The Hall–Kier alpha value is -1.99. The van der Waals surface area contributed by atoms with Crippen LogP contribution in [0.1, 0.15) is 22.3 Å². The van der Waals surface area contributed by atoms with E-state index in [2.05, 4.69) is 10.2 Å². The summed E-state index contributed by atoms with van der Waals surface area (Å²) < 4.78 is 5.05.